The Morgan fingerprint density at radius 1 is 1.28 bits per heavy atom. The number of piperidine rings is 1. The second-order valence-electron chi connectivity index (χ2n) is 8.96. The van der Waals surface area contributed by atoms with E-state index in [1.54, 1.807) is 0 Å². The Kier molecular flexibility index (Phi) is 8.21. The molecule has 1 aliphatic heterocycles. The molecule has 2 aromatic carbocycles. The molecular weight excluding hydrogens is 401 g/mol. The lowest BCUT2D eigenvalue weighted by Gasteiger charge is -2.31. The Morgan fingerprint density at radius 2 is 2.06 bits per heavy atom. The molecule has 2 aromatic rings. The van der Waals surface area contributed by atoms with Gasteiger partial charge in [0.15, 0.2) is 11.6 Å². The molecule has 1 atom stereocenters. The van der Waals surface area contributed by atoms with Gasteiger partial charge >= 0.3 is 0 Å². The van der Waals surface area contributed by atoms with E-state index in [2.05, 4.69) is 42.9 Å². The van der Waals surface area contributed by atoms with E-state index in [4.69, 9.17) is 4.99 Å². The third kappa shape index (κ3) is 6.05. The highest BCUT2D eigenvalue weighted by atomic mass is 19.1. The average molecular weight is 438 g/mol. The summed E-state index contributed by atoms with van der Waals surface area (Å²) in [5.74, 6) is -0.884. The first-order valence-electron chi connectivity index (χ1n) is 11.5. The van der Waals surface area contributed by atoms with Crippen molar-refractivity contribution in [1.82, 2.24) is 10.2 Å². The number of hydrogen-bond acceptors (Lipinski definition) is 4. The zero-order chi connectivity index (χ0) is 23.3. The van der Waals surface area contributed by atoms with E-state index in [0.717, 1.165) is 66.1 Å². The zero-order valence-corrected chi connectivity index (χ0v) is 19.8. The first-order chi connectivity index (χ1) is 15.3. The maximum atomic E-state index is 14.0. The van der Waals surface area contributed by atoms with Crippen LogP contribution in [0.2, 0.25) is 0 Å². The van der Waals surface area contributed by atoms with Gasteiger partial charge in [0.05, 0.1) is 0 Å². The summed E-state index contributed by atoms with van der Waals surface area (Å²) in [4.78, 5) is 7.10. The summed E-state index contributed by atoms with van der Waals surface area (Å²) in [5.41, 5.74) is 6.99. The molecule has 0 bridgehead atoms. The normalized spacial score (nSPS) is 17.1. The molecule has 2 N–H and O–H groups in total. The Morgan fingerprint density at radius 3 is 2.72 bits per heavy atom. The van der Waals surface area contributed by atoms with Crippen molar-refractivity contribution in [1.29, 1.82) is 0 Å². The lowest BCUT2D eigenvalue weighted by atomic mass is 9.93. The fourth-order valence-corrected chi connectivity index (χ4v) is 4.48. The minimum absolute atomic E-state index is 0.295. The van der Waals surface area contributed by atoms with Crippen LogP contribution in [0, 0.1) is 12.7 Å². The molecule has 3 rings (SSSR count). The summed E-state index contributed by atoms with van der Waals surface area (Å²) in [6.07, 6.45) is 3.92. The SMILES string of the molecule is C=C(CN(C)C1CCCNC1)N=C(C)Cc1ccc(-c2cc(F)c(O)cc2CC)cc1C. The van der Waals surface area contributed by atoms with Crippen LogP contribution in [0.15, 0.2) is 47.6 Å². The number of halogens is 1. The van der Waals surface area contributed by atoms with E-state index in [9.17, 15) is 9.50 Å². The van der Waals surface area contributed by atoms with Gasteiger partial charge in [0.2, 0.25) is 0 Å². The summed E-state index contributed by atoms with van der Waals surface area (Å²) >= 11 is 0. The molecule has 1 fully saturated rings. The van der Waals surface area contributed by atoms with Gasteiger partial charge in [-0.25, -0.2) is 4.39 Å². The lowest BCUT2D eigenvalue weighted by Crippen LogP contribution is -2.44. The van der Waals surface area contributed by atoms with E-state index < -0.39 is 5.82 Å². The van der Waals surface area contributed by atoms with Gasteiger partial charge < -0.3 is 10.4 Å². The number of aryl methyl sites for hydroxylation is 2. The molecule has 1 aliphatic rings. The van der Waals surface area contributed by atoms with Crippen molar-refractivity contribution in [2.24, 2.45) is 4.99 Å². The number of rotatable bonds is 8. The molecule has 0 spiro atoms. The molecule has 0 amide bonds. The van der Waals surface area contributed by atoms with Crippen molar-refractivity contribution < 1.29 is 9.50 Å². The Labute approximate surface area is 191 Å². The van der Waals surface area contributed by atoms with Crippen molar-refractivity contribution in [2.75, 3.05) is 26.7 Å². The van der Waals surface area contributed by atoms with Crippen LogP contribution in [0.4, 0.5) is 4.39 Å². The average Bonchev–Trinajstić information content (AvgIpc) is 2.77. The van der Waals surface area contributed by atoms with Gasteiger partial charge in [0, 0.05) is 37.0 Å². The summed E-state index contributed by atoms with van der Waals surface area (Å²) in [6, 6.07) is 9.71. The van der Waals surface area contributed by atoms with E-state index in [1.165, 1.54) is 30.5 Å². The highest BCUT2D eigenvalue weighted by Crippen LogP contribution is 2.31. The van der Waals surface area contributed by atoms with Crippen LogP contribution in [-0.4, -0.2) is 48.4 Å². The number of hydrogen-bond donors (Lipinski definition) is 2. The maximum Gasteiger partial charge on any atom is 0.165 e. The maximum absolute atomic E-state index is 14.0. The largest absolute Gasteiger partial charge is 0.505 e. The molecule has 172 valence electrons. The third-order valence-electron chi connectivity index (χ3n) is 6.33. The van der Waals surface area contributed by atoms with Crippen LogP contribution < -0.4 is 5.32 Å². The van der Waals surface area contributed by atoms with Crippen LogP contribution in [-0.2, 0) is 12.8 Å². The lowest BCUT2D eigenvalue weighted by molar-refractivity contribution is 0.217. The third-order valence-corrected chi connectivity index (χ3v) is 6.33. The molecule has 1 unspecified atom stereocenters. The summed E-state index contributed by atoms with van der Waals surface area (Å²) in [7, 11) is 2.15. The van der Waals surface area contributed by atoms with Crippen LogP contribution in [0.5, 0.6) is 5.75 Å². The van der Waals surface area contributed by atoms with E-state index in [0.29, 0.717) is 6.04 Å². The zero-order valence-electron chi connectivity index (χ0n) is 19.8. The molecule has 0 radical (unpaired) electrons. The van der Waals surface area contributed by atoms with Crippen molar-refractivity contribution in [3.8, 4) is 16.9 Å². The number of aromatic hydroxyl groups is 1. The highest BCUT2D eigenvalue weighted by Gasteiger charge is 2.18. The highest BCUT2D eigenvalue weighted by molar-refractivity contribution is 5.85. The van der Waals surface area contributed by atoms with E-state index in [-0.39, 0.29) is 5.75 Å². The number of aliphatic imine (C=N–C) groups is 1. The quantitative estimate of drug-likeness (QED) is 0.553. The molecule has 4 nitrogen and oxygen atoms in total. The van der Waals surface area contributed by atoms with Crippen LogP contribution >= 0.6 is 0 Å². The molecule has 5 heteroatoms. The molecule has 1 saturated heterocycles. The topological polar surface area (TPSA) is 47.9 Å². The van der Waals surface area contributed by atoms with Crippen molar-refractivity contribution in [3.63, 3.8) is 0 Å². The first-order valence-corrected chi connectivity index (χ1v) is 11.5. The molecule has 1 heterocycles. The number of nitrogens with one attached hydrogen (secondary N) is 1. The van der Waals surface area contributed by atoms with Gasteiger partial charge in [-0.15, -0.1) is 0 Å². The van der Waals surface area contributed by atoms with E-state index in [1.807, 2.05) is 19.9 Å². The molecule has 0 aromatic heterocycles. The smallest absolute Gasteiger partial charge is 0.165 e. The van der Waals surface area contributed by atoms with Crippen LogP contribution in [0.1, 0.15) is 43.4 Å². The van der Waals surface area contributed by atoms with Crippen molar-refractivity contribution in [3.05, 3.63) is 65.1 Å². The second-order valence-corrected chi connectivity index (χ2v) is 8.96. The first kappa shape index (κ1) is 24.1. The van der Waals surface area contributed by atoms with Gasteiger partial charge in [-0.05, 0) is 86.7 Å². The van der Waals surface area contributed by atoms with Gasteiger partial charge in [0.1, 0.15) is 0 Å². The van der Waals surface area contributed by atoms with Crippen molar-refractivity contribution in [2.45, 2.75) is 52.5 Å². The molecule has 32 heavy (non-hydrogen) atoms. The van der Waals surface area contributed by atoms with Gasteiger partial charge in [-0.2, -0.15) is 0 Å². The standard InChI is InChI=1S/C27H36FN3O/c1-6-21-14-27(32)26(28)15-25(21)23-10-9-22(18(2)12-23)13-19(3)30-20(4)17-31(5)24-8-7-11-29-16-24/h9-10,12,14-15,24,29,32H,4,6-8,11,13,16-17H2,1-3,5H3. The monoisotopic (exact) mass is 437 g/mol. The predicted molar refractivity (Wildman–Crippen MR) is 132 cm³/mol. The second kappa shape index (κ2) is 10.9. The van der Waals surface area contributed by atoms with E-state index >= 15 is 0 Å². The summed E-state index contributed by atoms with van der Waals surface area (Å²) < 4.78 is 14.0. The fraction of sp³-hybridized carbons (Fsp3) is 0.444. The van der Waals surface area contributed by atoms with Gasteiger partial charge in [-0.3, -0.25) is 9.89 Å². The van der Waals surface area contributed by atoms with Gasteiger partial charge in [0.25, 0.3) is 0 Å². The van der Waals surface area contributed by atoms with Gasteiger partial charge in [-0.1, -0.05) is 31.7 Å². The number of benzene rings is 2. The molecule has 0 aliphatic carbocycles. The van der Waals surface area contributed by atoms with Crippen LogP contribution in [0.25, 0.3) is 11.1 Å². The Hall–Kier alpha value is -2.50. The number of phenols is 1. The van der Waals surface area contributed by atoms with Crippen LogP contribution in [0.3, 0.4) is 0 Å². The number of phenolic OH excluding ortho intramolecular Hbond substituents is 1. The Balaban J connectivity index is 1.69. The Bertz CT molecular complexity index is 993. The summed E-state index contributed by atoms with van der Waals surface area (Å²) in [6.45, 7) is 13.2. The molecular formula is C27H36FN3O. The summed E-state index contributed by atoms with van der Waals surface area (Å²) in [5, 5.41) is 13.2. The van der Waals surface area contributed by atoms with Crippen molar-refractivity contribution >= 4 is 5.71 Å². The fourth-order valence-electron chi connectivity index (χ4n) is 4.48. The minimum Gasteiger partial charge on any atom is -0.505 e. The number of likely N-dealkylation sites (N-methyl/N-ethyl adjacent to an activating group) is 1. The predicted octanol–water partition coefficient (Wildman–Crippen LogP) is 5.27. The number of nitrogens with zero attached hydrogens (tertiary/aromatic N) is 2. The minimum atomic E-state index is -0.589. The molecule has 0 saturated carbocycles.